The van der Waals surface area contributed by atoms with Crippen LogP contribution in [0.25, 0.3) is 0 Å². The lowest BCUT2D eigenvalue weighted by Crippen LogP contribution is -2.24. The van der Waals surface area contributed by atoms with Gasteiger partial charge in [-0.25, -0.2) is 0 Å². The fourth-order valence-electron chi connectivity index (χ4n) is 2.68. The average Bonchev–Trinajstić information content (AvgIpc) is 2.22. The van der Waals surface area contributed by atoms with E-state index >= 15 is 0 Å². The van der Waals surface area contributed by atoms with Crippen LogP contribution in [0.15, 0.2) is 0 Å². The third-order valence-corrected chi connectivity index (χ3v) is 4.41. The highest BCUT2D eigenvalue weighted by Crippen LogP contribution is 2.33. The summed E-state index contributed by atoms with van der Waals surface area (Å²) in [5.74, 6) is 4.41. The molecule has 0 nitrogen and oxygen atoms in total. The largest absolute Gasteiger partial charge is 0.0651 e. The van der Waals surface area contributed by atoms with Gasteiger partial charge in [-0.3, -0.25) is 0 Å². The van der Waals surface area contributed by atoms with Crippen LogP contribution < -0.4 is 0 Å². The molecule has 0 amide bonds. The van der Waals surface area contributed by atoms with E-state index in [0.717, 1.165) is 29.6 Å². The lowest BCUT2D eigenvalue weighted by Gasteiger charge is -2.32. The summed E-state index contributed by atoms with van der Waals surface area (Å²) in [5, 5.41) is 0. The molecule has 0 bridgehead atoms. The summed E-state index contributed by atoms with van der Waals surface area (Å²) < 4.78 is 0. The minimum Gasteiger partial charge on any atom is -0.0651 e. The van der Waals surface area contributed by atoms with Crippen molar-refractivity contribution in [1.82, 2.24) is 0 Å². The van der Waals surface area contributed by atoms with Crippen LogP contribution in [0.3, 0.4) is 0 Å². The summed E-state index contributed by atoms with van der Waals surface area (Å²) in [7, 11) is 0. The molecule has 0 rings (SSSR count). The molecule has 4 unspecified atom stereocenters. The Morgan fingerprint density at radius 3 is 1.60 bits per heavy atom. The highest BCUT2D eigenvalue weighted by atomic mass is 14.3. The molecule has 0 radical (unpaired) electrons. The van der Waals surface area contributed by atoms with Crippen molar-refractivity contribution < 1.29 is 0 Å². The molecule has 0 heterocycles. The van der Waals surface area contributed by atoms with Gasteiger partial charge in [0.2, 0.25) is 0 Å². The molecule has 0 saturated carbocycles. The molecule has 0 heteroatoms. The SMILES string of the molecule is CCC(C)C(C)C(C)C(CC)CC(C)C. The van der Waals surface area contributed by atoms with Crippen LogP contribution in [-0.2, 0) is 0 Å². The van der Waals surface area contributed by atoms with E-state index in [-0.39, 0.29) is 0 Å². The summed E-state index contributed by atoms with van der Waals surface area (Å²) in [6, 6.07) is 0. The maximum atomic E-state index is 2.47. The van der Waals surface area contributed by atoms with E-state index in [2.05, 4.69) is 48.5 Å². The third kappa shape index (κ3) is 5.04. The molecular formula is C15H32. The fraction of sp³-hybridized carbons (Fsp3) is 1.00. The van der Waals surface area contributed by atoms with Crippen LogP contribution >= 0.6 is 0 Å². The number of hydrogen-bond donors (Lipinski definition) is 0. The quantitative estimate of drug-likeness (QED) is 0.531. The van der Waals surface area contributed by atoms with Gasteiger partial charge in [0.25, 0.3) is 0 Å². The van der Waals surface area contributed by atoms with Crippen molar-refractivity contribution in [2.45, 2.75) is 67.7 Å². The molecule has 0 aromatic carbocycles. The first-order chi connectivity index (χ1) is 6.93. The standard InChI is InChI=1S/C15H32/c1-8-12(5)13(6)14(7)15(9-2)10-11(3)4/h11-15H,8-10H2,1-7H3. The van der Waals surface area contributed by atoms with E-state index in [4.69, 9.17) is 0 Å². The van der Waals surface area contributed by atoms with Crippen LogP contribution in [0.5, 0.6) is 0 Å². The summed E-state index contributed by atoms with van der Waals surface area (Å²) in [4.78, 5) is 0. The van der Waals surface area contributed by atoms with Gasteiger partial charge in [-0.05, 0) is 36.0 Å². The Hall–Kier alpha value is 0. The molecule has 4 atom stereocenters. The number of rotatable bonds is 7. The minimum atomic E-state index is 0.849. The van der Waals surface area contributed by atoms with Crippen molar-refractivity contribution in [1.29, 1.82) is 0 Å². The molecular weight excluding hydrogens is 180 g/mol. The zero-order chi connectivity index (χ0) is 12.0. The smallest absolute Gasteiger partial charge is 0.0386 e. The molecule has 0 aliphatic heterocycles. The Balaban J connectivity index is 4.29. The summed E-state index contributed by atoms with van der Waals surface area (Å²) in [6.45, 7) is 16.7. The Bertz CT molecular complexity index is 148. The molecule has 0 aromatic rings. The van der Waals surface area contributed by atoms with E-state index in [1.807, 2.05) is 0 Å². The van der Waals surface area contributed by atoms with Gasteiger partial charge in [0.05, 0.1) is 0 Å². The van der Waals surface area contributed by atoms with Crippen LogP contribution in [0.4, 0.5) is 0 Å². The molecule has 15 heavy (non-hydrogen) atoms. The van der Waals surface area contributed by atoms with E-state index in [0.29, 0.717) is 0 Å². The van der Waals surface area contributed by atoms with E-state index in [9.17, 15) is 0 Å². The van der Waals surface area contributed by atoms with E-state index in [1.54, 1.807) is 0 Å². The molecule has 0 N–H and O–H groups in total. The van der Waals surface area contributed by atoms with Gasteiger partial charge < -0.3 is 0 Å². The Morgan fingerprint density at radius 2 is 1.27 bits per heavy atom. The van der Waals surface area contributed by atoms with Crippen molar-refractivity contribution in [2.75, 3.05) is 0 Å². The number of hydrogen-bond acceptors (Lipinski definition) is 0. The summed E-state index contributed by atoms with van der Waals surface area (Å²) in [6.07, 6.45) is 4.07. The first kappa shape index (κ1) is 15.0. The summed E-state index contributed by atoms with van der Waals surface area (Å²) >= 11 is 0. The first-order valence-electron chi connectivity index (χ1n) is 6.93. The molecule has 0 spiro atoms. The van der Waals surface area contributed by atoms with Crippen LogP contribution in [0, 0.1) is 29.6 Å². The van der Waals surface area contributed by atoms with Gasteiger partial charge in [0, 0.05) is 0 Å². The molecule has 0 aliphatic rings. The predicted octanol–water partition coefficient (Wildman–Crippen LogP) is 5.38. The summed E-state index contributed by atoms with van der Waals surface area (Å²) in [5.41, 5.74) is 0. The minimum absolute atomic E-state index is 0.849. The Morgan fingerprint density at radius 1 is 0.733 bits per heavy atom. The maximum absolute atomic E-state index is 2.47. The van der Waals surface area contributed by atoms with Crippen molar-refractivity contribution in [2.24, 2.45) is 29.6 Å². The van der Waals surface area contributed by atoms with Gasteiger partial charge in [0.15, 0.2) is 0 Å². The molecule has 0 aromatic heterocycles. The van der Waals surface area contributed by atoms with Gasteiger partial charge in [0.1, 0.15) is 0 Å². The van der Waals surface area contributed by atoms with Gasteiger partial charge in [-0.15, -0.1) is 0 Å². The fourth-order valence-corrected chi connectivity index (χ4v) is 2.68. The topological polar surface area (TPSA) is 0 Å². The zero-order valence-corrected chi connectivity index (χ0v) is 12.0. The highest BCUT2D eigenvalue weighted by molar-refractivity contribution is 4.74. The van der Waals surface area contributed by atoms with Gasteiger partial charge in [-0.2, -0.15) is 0 Å². The molecule has 0 saturated heterocycles. The van der Waals surface area contributed by atoms with Crippen LogP contribution in [0.1, 0.15) is 67.7 Å². The normalized spacial score (nSPS) is 20.0. The third-order valence-electron chi connectivity index (χ3n) is 4.41. The van der Waals surface area contributed by atoms with Gasteiger partial charge >= 0.3 is 0 Å². The zero-order valence-electron chi connectivity index (χ0n) is 12.0. The second kappa shape index (κ2) is 7.30. The second-order valence-corrected chi connectivity index (χ2v) is 5.90. The maximum Gasteiger partial charge on any atom is -0.0386 e. The van der Waals surface area contributed by atoms with Crippen LogP contribution in [0.2, 0.25) is 0 Å². The van der Waals surface area contributed by atoms with Crippen molar-refractivity contribution in [3.8, 4) is 0 Å². The predicted molar refractivity (Wildman–Crippen MR) is 71.0 cm³/mol. The highest BCUT2D eigenvalue weighted by Gasteiger charge is 2.24. The lowest BCUT2D eigenvalue weighted by molar-refractivity contribution is 0.173. The van der Waals surface area contributed by atoms with Gasteiger partial charge in [-0.1, -0.05) is 61.3 Å². The molecule has 92 valence electrons. The Labute approximate surface area is 97.8 Å². The van der Waals surface area contributed by atoms with Crippen molar-refractivity contribution in [3.05, 3.63) is 0 Å². The first-order valence-corrected chi connectivity index (χ1v) is 6.93. The molecule has 0 fully saturated rings. The van der Waals surface area contributed by atoms with Crippen LogP contribution in [-0.4, -0.2) is 0 Å². The molecule has 0 aliphatic carbocycles. The monoisotopic (exact) mass is 212 g/mol. The van der Waals surface area contributed by atoms with Crippen molar-refractivity contribution in [3.63, 3.8) is 0 Å². The lowest BCUT2D eigenvalue weighted by atomic mass is 9.73. The van der Waals surface area contributed by atoms with E-state index < -0.39 is 0 Å². The van der Waals surface area contributed by atoms with Crippen molar-refractivity contribution >= 4 is 0 Å². The van der Waals surface area contributed by atoms with E-state index in [1.165, 1.54) is 19.3 Å². The Kier molecular flexibility index (Phi) is 7.30. The second-order valence-electron chi connectivity index (χ2n) is 5.90. The average molecular weight is 212 g/mol.